The van der Waals surface area contributed by atoms with Crippen LogP contribution < -0.4 is 10.6 Å². The fourth-order valence-electron chi connectivity index (χ4n) is 3.69. The van der Waals surface area contributed by atoms with E-state index in [0.717, 1.165) is 18.8 Å². The topological polar surface area (TPSA) is 44.4 Å². The normalized spacial score (nSPS) is 27.7. The average Bonchev–Trinajstić information content (AvgIpc) is 3.18. The van der Waals surface area contributed by atoms with Crippen LogP contribution in [0.15, 0.2) is 30.3 Å². The van der Waals surface area contributed by atoms with Gasteiger partial charge in [0.2, 0.25) is 5.91 Å². The summed E-state index contributed by atoms with van der Waals surface area (Å²) < 4.78 is 0. The van der Waals surface area contributed by atoms with E-state index in [2.05, 4.69) is 15.5 Å². The summed E-state index contributed by atoms with van der Waals surface area (Å²) in [7, 11) is 0. The number of rotatable bonds is 4. The third-order valence-electron chi connectivity index (χ3n) is 4.82. The lowest BCUT2D eigenvalue weighted by Crippen LogP contribution is -2.51. The number of nitrogens with zero attached hydrogens (tertiary/aromatic N) is 1. The molecule has 2 saturated heterocycles. The zero-order valence-corrected chi connectivity index (χ0v) is 12.7. The van der Waals surface area contributed by atoms with E-state index in [1.54, 1.807) is 0 Å². The van der Waals surface area contributed by atoms with E-state index in [1.165, 1.54) is 25.7 Å². The predicted octanol–water partition coefficient (Wildman–Crippen LogP) is 2.23. The maximum Gasteiger partial charge on any atom is 0.241 e. The van der Waals surface area contributed by atoms with Crippen LogP contribution in [0.4, 0.5) is 5.69 Å². The first-order chi connectivity index (χ1) is 10.3. The Morgan fingerprint density at radius 1 is 1.29 bits per heavy atom. The first-order valence-corrected chi connectivity index (χ1v) is 8.11. The highest BCUT2D eigenvalue weighted by Gasteiger charge is 2.37. The number of carbonyl (C=O) groups excluding carboxylic acids is 1. The van der Waals surface area contributed by atoms with Crippen LogP contribution in [-0.2, 0) is 4.79 Å². The molecule has 0 aromatic heterocycles. The molecule has 3 unspecified atom stereocenters. The Balaban J connectivity index is 1.63. The molecule has 1 aromatic carbocycles. The summed E-state index contributed by atoms with van der Waals surface area (Å²) in [6, 6.07) is 10.7. The molecule has 2 aliphatic rings. The van der Waals surface area contributed by atoms with Crippen molar-refractivity contribution in [1.82, 2.24) is 10.2 Å². The fourth-order valence-corrected chi connectivity index (χ4v) is 3.69. The molecule has 3 atom stereocenters. The summed E-state index contributed by atoms with van der Waals surface area (Å²) in [6.45, 7) is 4.19. The number of hydrogen-bond donors (Lipinski definition) is 2. The SMILES string of the molecule is CC(C(=O)Nc1ccccc1)N1CCCC1C1CCCN1. The van der Waals surface area contributed by atoms with Crippen LogP contribution in [0.3, 0.4) is 0 Å². The molecule has 4 heteroatoms. The fraction of sp³-hybridized carbons (Fsp3) is 0.588. The maximum absolute atomic E-state index is 12.5. The van der Waals surface area contributed by atoms with E-state index in [9.17, 15) is 4.79 Å². The molecule has 2 aliphatic heterocycles. The van der Waals surface area contributed by atoms with Crippen LogP contribution in [-0.4, -0.2) is 42.0 Å². The van der Waals surface area contributed by atoms with Gasteiger partial charge in [0.05, 0.1) is 6.04 Å². The number of para-hydroxylation sites is 1. The Morgan fingerprint density at radius 3 is 2.81 bits per heavy atom. The Morgan fingerprint density at radius 2 is 2.10 bits per heavy atom. The number of nitrogens with one attached hydrogen (secondary N) is 2. The second-order valence-electron chi connectivity index (χ2n) is 6.18. The van der Waals surface area contributed by atoms with Crippen molar-refractivity contribution in [2.24, 2.45) is 0 Å². The second kappa shape index (κ2) is 6.58. The van der Waals surface area contributed by atoms with Crippen LogP contribution in [0.5, 0.6) is 0 Å². The zero-order valence-electron chi connectivity index (χ0n) is 12.7. The molecule has 0 aliphatic carbocycles. The molecule has 114 valence electrons. The summed E-state index contributed by atoms with van der Waals surface area (Å²) in [6.07, 6.45) is 4.92. The molecule has 2 fully saturated rings. The third kappa shape index (κ3) is 3.27. The second-order valence-corrected chi connectivity index (χ2v) is 6.18. The van der Waals surface area contributed by atoms with Gasteiger partial charge in [0.25, 0.3) is 0 Å². The van der Waals surface area contributed by atoms with Crippen molar-refractivity contribution < 1.29 is 4.79 Å². The predicted molar refractivity (Wildman–Crippen MR) is 85.3 cm³/mol. The largest absolute Gasteiger partial charge is 0.325 e. The van der Waals surface area contributed by atoms with E-state index in [1.807, 2.05) is 37.3 Å². The van der Waals surface area contributed by atoms with Crippen molar-refractivity contribution in [1.29, 1.82) is 0 Å². The first-order valence-electron chi connectivity index (χ1n) is 8.11. The van der Waals surface area contributed by atoms with E-state index in [0.29, 0.717) is 12.1 Å². The Hall–Kier alpha value is -1.39. The van der Waals surface area contributed by atoms with E-state index >= 15 is 0 Å². The zero-order chi connectivity index (χ0) is 14.7. The molecule has 2 heterocycles. The highest BCUT2D eigenvalue weighted by Crippen LogP contribution is 2.27. The highest BCUT2D eigenvalue weighted by molar-refractivity contribution is 5.94. The highest BCUT2D eigenvalue weighted by atomic mass is 16.2. The molecule has 4 nitrogen and oxygen atoms in total. The molecular formula is C17H25N3O. The first kappa shape index (κ1) is 14.5. The summed E-state index contributed by atoms with van der Waals surface area (Å²) >= 11 is 0. The van der Waals surface area contributed by atoms with E-state index in [4.69, 9.17) is 0 Å². The van der Waals surface area contributed by atoms with Crippen molar-refractivity contribution in [2.75, 3.05) is 18.4 Å². The van der Waals surface area contributed by atoms with Crippen molar-refractivity contribution >= 4 is 11.6 Å². The molecular weight excluding hydrogens is 262 g/mol. The van der Waals surface area contributed by atoms with Gasteiger partial charge in [-0.2, -0.15) is 0 Å². The molecule has 0 bridgehead atoms. The monoisotopic (exact) mass is 287 g/mol. The molecule has 1 aromatic rings. The van der Waals surface area contributed by atoms with Gasteiger partial charge in [0, 0.05) is 17.8 Å². The molecule has 21 heavy (non-hydrogen) atoms. The molecule has 2 N–H and O–H groups in total. The minimum atomic E-state index is -0.0693. The minimum absolute atomic E-state index is 0.0693. The van der Waals surface area contributed by atoms with E-state index < -0.39 is 0 Å². The standard InChI is InChI=1S/C17H25N3O/c1-13(17(21)19-14-7-3-2-4-8-14)20-12-6-10-16(20)15-9-5-11-18-15/h2-4,7-8,13,15-16,18H,5-6,9-12H2,1H3,(H,19,21). The average molecular weight is 287 g/mol. The number of hydrogen-bond acceptors (Lipinski definition) is 3. The van der Waals surface area contributed by atoms with Crippen LogP contribution >= 0.6 is 0 Å². The molecule has 0 saturated carbocycles. The lowest BCUT2D eigenvalue weighted by atomic mass is 10.0. The number of benzene rings is 1. The van der Waals surface area contributed by atoms with Crippen LogP contribution in [0, 0.1) is 0 Å². The van der Waals surface area contributed by atoms with E-state index in [-0.39, 0.29) is 11.9 Å². The number of likely N-dealkylation sites (tertiary alicyclic amines) is 1. The summed E-state index contributed by atoms with van der Waals surface area (Å²) in [5, 5.41) is 6.63. The van der Waals surface area contributed by atoms with Gasteiger partial charge in [-0.3, -0.25) is 9.69 Å². The minimum Gasteiger partial charge on any atom is -0.325 e. The van der Waals surface area contributed by atoms with Crippen molar-refractivity contribution in [3.05, 3.63) is 30.3 Å². The number of anilines is 1. The Kier molecular flexibility index (Phi) is 4.56. The smallest absolute Gasteiger partial charge is 0.241 e. The molecule has 0 spiro atoms. The van der Waals surface area contributed by atoms with Gasteiger partial charge in [-0.1, -0.05) is 18.2 Å². The van der Waals surface area contributed by atoms with Crippen molar-refractivity contribution in [2.45, 2.75) is 50.7 Å². The van der Waals surface area contributed by atoms with Gasteiger partial charge < -0.3 is 10.6 Å². The van der Waals surface area contributed by atoms with Gasteiger partial charge in [0.15, 0.2) is 0 Å². The van der Waals surface area contributed by atoms with Gasteiger partial charge in [-0.25, -0.2) is 0 Å². The Bertz CT molecular complexity index is 470. The number of carbonyl (C=O) groups is 1. The van der Waals surface area contributed by atoms with Crippen LogP contribution in [0.2, 0.25) is 0 Å². The lowest BCUT2D eigenvalue weighted by molar-refractivity contribution is -0.121. The van der Waals surface area contributed by atoms with Crippen molar-refractivity contribution in [3.63, 3.8) is 0 Å². The summed E-state index contributed by atoms with van der Waals surface area (Å²) in [5.41, 5.74) is 0.879. The Labute approximate surface area is 126 Å². The van der Waals surface area contributed by atoms with Gasteiger partial charge in [0.1, 0.15) is 0 Å². The van der Waals surface area contributed by atoms with Gasteiger partial charge >= 0.3 is 0 Å². The molecule has 0 radical (unpaired) electrons. The van der Waals surface area contributed by atoms with Crippen LogP contribution in [0.1, 0.15) is 32.6 Å². The molecule has 1 amide bonds. The molecule has 3 rings (SSSR count). The lowest BCUT2D eigenvalue weighted by Gasteiger charge is -2.33. The summed E-state index contributed by atoms with van der Waals surface area (Å²) in [5.74, 6) is 0.103. The maximum atomic E-state index is 12.5. The quantitative estimate of drug-likeness (QED) is 0.892. The van der Waals surface area contributed by atoms with Crippen molar-refractivity contribution in [3.8, 4) is 0 Å². The third-order valence-corrected chi connectivity index (χ3v) is 4.82. The van der Waals surface area contributed by atoms with Gasteiger partial charge in [-0.15, -0.1) is 0 Å². The van der Waals surface area contributed by atoms with Gasteiger partial charge in [-0.05, 0) is 57.8 Å². The summed E-state index contributed by atoms with van der Waals surface area (Å²) in [4.78, 5) is 14.9. The number of amides is 1. The van der Waals surface area contributed by atoms with Crippen LogP contribution in [0.25, 0.3) is 0 Å².